The van der Waals surface area contributed by atoms with Gasteiger partial charge < -0.3 is 15.0 Å². The van der Waals surface area contributed by atoms with E-state index in [0.717, 1.165) is 42.3 Å². The third-order valence-electron chi connectivity index (χ3n) is 6.00. The van der Waals surface area contributed by atoms with E-state index in [0.29, 0.717) is 12.6 Å². The summed E-state index contributed by atoms with van der Waals surface area (Å²) in [4.78, 5) is 14.5. The summed E-state index contributed by atoms with van der Waals surface area (Å²) in [5.41, 5.74) is 0.737. The topological polar surface area (TPSA) is 42.8 Å². The van der Waals surface area contributed by atoms with Crippen LogP contribution in [0.5, 0.6) is 5.75 Å². The quantitative estimate of drug-likeness (QED) is 0.867. The molecule has 3 fully saturated rings. The summed E-state index contributed by atoms with van der Waals surface area (Å²) < 4.78 is 5.45. The number of carbonyl (C=O) groups excluding carboxylic acids is 1. The van der Waals surface area contributed by atoms with E-state index >= 15 is 0 Å². The number of amides is 1. The van der Waals surface area contributed by atoms with Crippen LogP contribution in [0.2, 0.25) is 0 Å². The molecule has 2 aliphatic heterocycles. The first kappa shape index (κ1) is 15.9. The first-order valence-electron chi connectivity index (χ1n) is 9.65. The number of carbonyl (C=O) groups is 1. The van der Waals surface area contributed by atoms with Crippen molar-refractivity contribution in [2.45, 2.75) is 76.0 Å². The van der Waals surface area contributed by atoms with E-state index in [2.05, 4.69) is 5.32 Å². The van der Waals surface area contributed by atoms with Crippen LogP contribution < -0.4 is 15.0 Å². The SMILES string of the molecule is CCOc1ccc(C(=O)NC2C[C@H]3CCC[C@@H](C2)[NH+]3C2CC2)cc1. The molecule has 2 bridgehead atoms. The van der Waals surface area contributed by atoms with Gasteiger partial charge in [-0.05, 0) is 50.5 Å². The highest BCUT2D eigenvalue weighted by atomic mass is 16.5. The van der Waals surface area contributed by atoms with Gasteiger partial charge >= 0.3 is 0 Å². The van der Waals surface area contributed by atoms with Crippen molar-refractivity contribution in [2.24, 2.45) is 0 Å². The normalized spacial score (nSPS) is 32.2. The van der Waals surface area contributed by atoms with Gasteiger partial charge in [0.05, 0.1) is 24.7 Å². The van der Waals surface area contributed by atoms with Crippen LogP contribution in [0, 0.1) is 0 Å². The van der Waals surface area contributed by atoms with Crippen LogP contribution in [-0.2, 0) is 0 Å². The first-order chi connectivity index (χ1) is 11.7. The van der Waals surface area contributed by atoms with Crippen LogP contribution in [0.15, 0.2) is 24.3 Å². The molecule has 1 aromatic carbocycles. The zero-order valence-electron chi connectivity index (χ0n) is 14.6. The Balaban J connectivity index is 1.37. The summed E-state index contributed by atoms with van der Waals surface area (Å²) in [6.07, 6.45) is 9.23. The Morgan fingerprint density at radius 1 is 1.08 bits per heavy atom. The number of hydrogen-bond acceptors (Lipinski definition) is 2. The van der Waals surface area contributed by atoms with E-state index < -0.39 is 0 Å². The average Bonchev–Trinajstić information content (AvgIpc) is 3.40. The average molecular weight is 329 g/mol. The minimum atomic E-state index is 0.0657. The van der Waals surface area contributed by atoms with Crippen molar-refractivity contribution < 1.29 is 14.4 Å². The third-order valence-corrected chi connectivity index (χ3v) is 6.00. The first-order valence-corrected chi connectivity index (χ1v) is 9.65. The Morgan fingerprint density at radius 3 is 2.33 bits per heavy atom. The molecule has 2 heterocycles. The molecular weight excluding hydrogens is 300 g/mol. The molecule has 4 nitrogen and oxygen atoms in total. The van der Waals surface area contributed by atoms with Gasteiger partial charge in [0.2, 0.25) is 0 Å². The predicted molar refractivity (Wildman–Crippen MR) is 93.5 cm³/mol. The number of hydrogen-bond donors (Lipinski definition) is 2. The summed E-state index contributed by atoms with van der Waals surface area (Å²) >= 11 is 0. The summed E-state index contributed by atoms with van der Waals surface area (Å²) in [7, 11) is 0. The fourth-order valence-corrected chi connectivity index (χ4v) is 4.91. The van der Waals surface area contributed by atoms with Crippen LogP contribution in [0.4, 0.5) is 0 Å². The van der Waals surface area contributed by atoms with E-state index in [1.165, 1.54) is 32.1 Å². The van der Waals surface area contributed by atoms with Crippen molar-refractivity contribution in [3.05, 3.63) is 29.8 Å². The Labute approximate surface area is 144 Å². The number of fused-ring (bicyclic) bond motifs is 2. The molecule has 4 atom stereocenters. The monoisotopic (exact) mass is 329 g/mol. The second kappa shape index (κ2) is 6.75. The number of nitrogens with one attached hydrogen (secondary N) is 2. The lowest BCUT2D eigenvalue weighted by Crippen LogP contribution is -3.22. The molecular formula is C20H29N2O2+. The lowest BCUT2D eigenvalue weighted by atomic mass is 9.81. The molecule has 1 aromatic rings. The van der Waals surface area contributed by atoms with Crippen molar-refractivity contribution in [1.82, 2.24) is 5.32 Å². The van der Waals surface area contributed by atoms with Crippen molar-refractivity contribution >= 4 is 5.91 Å². The molecule has 1 amide bonds. The van der Waals surface area contributed by atoms with E-state index in [1.807, 2.05) is 36.1 Å². The van der Waals surface area contributed by atoms with Crippen LogP contribution >= 0.6 is 0 Å². The standard InChI is InChI=1S/C20H28N2O2/c1-2-24-19-10-6-14(7-11-19)20(23)21-15-12-17-4-3-5-18(13-15)22(17)16-8-9-16/h6-7,10-11,15-18H,2-5,8-9,12-13H2,1H3,(H,21,23)/p+1/t15?,17-,18+. The lowest BCUT2D eigenvalue weighted by molar-refractivity contribution is -0.971. The smallest absolute Gasteiger partial charge is 0.251 e. The van der Waals surface area contributed by atoms with Crippen LogP contribution in [0.25, 0.3) is 0 Å². The van der Waals surface area contributed by atoms with Crippen LogP contribution in [-0.4, -0.2) is 36.7 Å². The zero-order chi connectivity index (χ0) is 16.5. The molecule has 1 aliphatic carbocycles. The second-order valence-corrected chi connectivity index (χ2v) is 7.70. The molecule has 24 heavy (non-hydrogen) atoms. The van der Waals surface area contributed by atoms with Gasteiger partial charge in [-0.1, -0.05) is 0 Å². The molecule has 0 radical (unpaired) electrons. The molecule has 130 valence electrons. The third kappa shape index (κ3) is 3.30. The largest absolute Gasteiger partial charge is 0.494 e. The molecule has 4 heteroatoms. The van der Waals surface area contributed by atoms with Gasteiger partial charge in [-0.25, -0.2) is 0 Å². The zero-order valence-corrected chi connectivity index (χ0v) is 14.6. The van der Waals surface area contributed by atoms with E-state index in [9.17, 15) is 4.79 Å². The highest BCUT2D eigenvalue weighted by molar-refractivity contribution is 5.94. The Morgan fingerprint density at radius 2 is 1.75 bits per heavy atom. The fraction of sp³-hybridized carbons (Fsp3) is 0.650. The maximum Gasteiger partial charge on any atom is 0.251 e. The van der Waals surface area contributed by atoms with Gasteiger partial charge in [-0.2, -0.15) is 0 Å². The summed E-state index contributed by atoms with van der Waals surface area (Å²) in [6, 6.07) is 10.3. The van der Waals surface area contributed by atoms with Gasteiger partial charge in [0.25, 0.3) is 5.91 Å². The molecule has 3 aliphatic rings. The number of rotatable bonds is 5. The number of benzene rings is 1. The van der Waals surface area contributed by atoms with Gasteiger partial charge in [0, 0.05) is 37.3 Å². The minimum Gasteiger partial charge on any atom is -0.494 e. The number of piperidine rings is 2. The van der Waals surface area contributed by atoms with Crippen molar-refractivity contribution in [1.29, 1.82) is 0 Å². The molecule has 0 spiro atoms. The number of ether oxygens (including phenoxy) is 1. The van der Waals surface area contributed by atoms with Gasteiger partial charge in [-0.15, -0.1) is 0 Å². The van der Waals surface area contributed by atoms with E-state index in [1.54, 1.807) is 0 Å². The maximum atomic E-state index is 12.6. The predicted octanol–water partition coefficient (Wildman–Crippen LogP) is 1.95. The molecule has 2 unspecified atom stereocenters. The molecule has 2 N–H and O–H groups in total. The van der Waals surface area contributed by atoms with Crippen LogP contribution in [0.3, 0.4) is 0 Å². The Bertz CT molecular complexity index is 568. The van der Waals surface area contributed by atoms with Crippen LogP contribution in [0.1, 0.15) is 62.2 Å². The highest BCUT2D eigenvalue weighted by Crippen LogP contribution is 2.27. The fourth-order valence-electron chi connectivity index (χ4n) is 4.91. The molecule has 1 saturated carbocycles. The lowest BCUT2D eigenvalue weighted by Gasteiger charge is -2.46. The number of quaternary nitrogens is 1. The summed E-state index contributed by atoms with van der Waals surface area (Å²) in [5, 5.41) is 3.30. The molecule has 4 rings (SSSR count). The summed E-state index contributed by atoms with van der Waals surface area (Å²) in [6.45, 7) is 2.61. The minimum absolute atomic E-state index is 0.0657. The second-order valence-electron chi connectivity index (χ2n) is 7.70. The Hall–Kier alpha value is -1.55. The summed E-state index contributed by atoms with van der Waals surface area (Å²) in [5.74, 6) is 0.890. The van der Waals surface area contributed by atoms with Crippen molar-refractivity contribution in [2.75, 3.05) is 6.61 Å². The molecule has 2 saturated heterocycles. The highest BCUT2D eigenvalue weighted by Gasteiger charge is 2.48. The maximum absolute atomic E-state index is 12.6. The van der Waals surface area contributed by atoms with Crippen molar-refractivity contribution in [3.63, 3.8) is 0 Å². The van der Waals surface area contributed by atoms with Gasteiger partial charge in [0.15, 0.2) is 0 Å². The van der Waals surface area contributed by atoms with E-state index in [4.69, 9.17) is 4.74 Å². The van der Waals surface area contributed by atoms with Gasteiger partial charge in [0.1, 0.15) is 5.75 Å². The Kier molecular flexibility index (Phi) is 4.49. The van der Waals surface area contributed by atoms with E-state index in [-0.39, 0.29) is 5.91 Å². The van der Waals surface area contributed by atoms with Crippen molar-refractivity contribution in [3.8, 4) is 5.75 Å². The van der Waals surface area contributed by atoms with Gasteiger partial charge in [-0.3, -0.25) is 4.79 Å². The molecule has 0 aromatic heterocycles.